The molecule has 0 aliphatic carbocycles. The Morgan fingerprint density at radius 3 is 2.58 bits per heavy atom. The van der Waals surface area contributed by atoms with Gasteiger partial charge >= 0.3 is 0 Å². The molecule has 1 amide bonds. The van der Waals surface area contributed by atoms with Crippen molar-refractivity contribution in [2.75, 3.05) is 5.73 Å². The van der Waals surface area contributed by atoms with Crippen molar-refractivity contribution in [2.24, 2.45) is 0 Å². The Bertz CT molecular complexity index is 982. The summed E-state index contributed by atoms with van der Waals surface area (Å²) < 4.78 is 0. The zero-order valence-corrected chi connectivity index (χ0v) is 13.6. The average Bonchev–Trinajstić information content (AvgIpc) is 2.57. The van der Waals surface area contributed by atoms with E-state index in [4.69, 9.17) is 5.73 Å². The zero-order valence-electron chi connectivity index (χ0n) is 13.6. The number of aryl methyl sites for hydroxylation is 2. The number of nitrogens with two attached hydrogens (primary N) is 1. The average molecular weight is 325 g/mol. The van der Waals surface area contributed by atoms with Crippen LogP contribution in [0.1, 0.15) is 29.9 Å². The number of benzene rings is 2. The molecule has 2 aromatic carbocycles. The Hall–Kier alpha value is -3.08. The van der Waals surface area contributed by atoms with Crippen molar-refractivity contribution in [3.05, 3.63) is 75.1 Å². The smallest absolute Gasteiger partial charge is 0.261 e. The van der Waals surface area contributed by atoms with Crippen molar-refractivity contribution in [3.8, 4) is 0 Å². The van der Waals surface area contributed by atoms with Crippen LogP contribution in [0.4, 0.5) is 5.69 Å². The van der Waals surface area contributed by atoms with Gasteiger partial charge in [-0.1, -0.05) is 24.3 Å². The van der Waals surface area contributed by atoms with E-state index in [0.29, 0.717) is 12.2 Å². The van der Waals surface area contributed by atoms with Crippen molar-refractivity contribution in [1.29, 1.82) is 0 Å². The van der Waals surface area contributed by atoms with Crippen molar-refractivity contribution in [1.82, 2.24) is 10.3 Å². The van der Waals surface area contributed by atoms with Gasteiger partial charge in [0.25, 0.3) is 11.5 Å². The lowest BCUT2D eigenvalue weighted by Gasteiger charge is -2.09. The molecule has 3 rings (SSSR count). The van der Waals surface area contributed by atoms with Crippen molar-refractivity contribution in [3.63, 3.8) is 0 Å². The lowest BCUT2D eigenvalue weighted by atomic mass is 10.0. The molecular weight excluding hydrogens is 302 g/mol. The normalized spacial score (nSPS) is 10.8. The number of carbonyl (C=O) groups is 1. The van der Waals surface area contributed by atoms with Crippen LogP contribution in [0.15, 0.2) is 47.3 Å². The standard InChI is InChI=1S/C19H19N3O2.2H2/c1-11-3-6-14-9-16(19(24)22-17(14)12(11)2)18(23)21-10-13-4-7-15(20)8-5-13;;/h3-9H,10,20H2,1-2H3,(H,21,23)(H,22,24);2*1H. The second kappa shape index (κ2) is 6.20. The van der Waals surface area contributed by atoms with Gasteiger partial charge in [-0.2, -0.15) is 0 Å². The highest BCUT2D eigenvalue weighted by atomic mass is 16.2. The molecule has 24 heavy (non-hydrogen) atoms. The molecule has 1 aromatic heterocycles. The molecule has 0 bridgehead atoms. The third-order valence-corrected chi connectivity index (χ3v) is 4.23. The quantitative estimate of drug-likeness (QED) is 0.646. The number of pyridine rings is 1. The summed E-state index contributed by atoms with van der Waals surface area (Å²) in [5.41, 5.74) is 9.83. The fourth-order valence-corrected chi connectivity index (χ4v) is 2.61. The molecule has 0 saturated heterocycles. The molecule has 3 aromatic rings. The van der Waals surface area contributed by atoms with Crippen molar-refractivity contribution >= 4 is 22.5 Å². The minimum absolute atomic E-state index is 0. The summed E-state index contributed by atoms with van der Waals surface area (Å²) in [6, 6.07) is 12.7. The van der Waals surface area contributed by atoms with E-state index in [-0.39, 0.29) is 14.0 Å². The summed E-state index contributed by atoms with van der Waals surface area (Å²) >= 11 is 0. The van der Waals surface area contributed by atoms with Crippen molar-refractivity contribution < 1.29 is 7.65 Å². The molecule has 0 saturated carbocycles. The van der Waals surface area contributed by atoms with Gasteiger partial charge in [0.1, 0.15) is 5.56 Å². The van der Waals surface area contributed by atoms with Gasteiger partial charge in [-0.3, -0.25) is 9.59 Å². The third-order valence-electron chi connectivity index (χ3n) is 4.23. The van der Waals surface area contributed by atoms with E-state index >= 15 is 0 Å². The topological polar surface area (TPSA) is 88.0 Å². The maximum absolute atomic E-state index is 12.3. The van der Waals surface area contributed by atoms with Gasteiger partial charge in [0, 0.05) is 15.1 Å². The molecule has 5 nitrogen and oxygen atoms in total. The highest BCUT2D eigenvalue weighted by Gasteiger charge is 2.13. The van der Waals surface area contributed by atoms with E-state index in [1.165, 1.54) is 0 Å². The van der Waals surface area contributed by atoms with Crippen LogP contribution in [-0.2, 0) is 6.54 Å². The largest absolute Gasteiger partial charge is 0.399 e. The summed E-state index contributed by atoms with van der Waals surface area (Å²) in [6.45, 7) is 4.28. The number of H-pyrrole nitrogens is 1. The van der Waals surface area contributed by atoms with Crippen LogP contribution in [0.25, 0.3) is 10.9 Å². The van der Waals surface area contributed by atoms with E-state index in [2.05, 4.69) is 10.3 Å². The van der Waals surface area contributed by atoms with E-state index in [0.717, 1.165) is 27.6 Å². The summed E-state index contributed by atoms with van der Waals surface area (Å²) in [5.74, 6) is -0.395. The molecule has 126 valence electrons. The van der Waals surface area contributed by atoms with Gasteiger partial charge in [0.15, 0.2) is 0 Å². The number of fused-ring (bicyclic) bond motifs is 1. The summed E-state index contributed by atoms with van der Waals surface area (Å²) in [7, 11) is 0. The predicted octanol–water partition coefficient (Wildman–Crippen LogP) is 3.15. The number of rotatable bonds is 3. The number of amides is 1. The number of nitrogen functional groups attached to an aromatic ring is 1. The molecule has 0 spiro atoms. The number of hydrogen-bond donors (Lipinski definition) is 3. The third kappa shape index (κ3) is 3.01. The van der Waals surface area contributed by atoms with E-state index in [1.54, 1.807) is 18.2 Å². The minimum atomic E-state index is -0.395. The van der Waals surface area contributed by atoms with Crippen molar-refractivity contribution in [2.45, 2.75) is 20.4 Å². The zero-order chi connectivity index (χ0) is 17.3. The summed E-state index contributed by atoms with van der Waals surface area (Å²) in [5, 5.41) is 3.61. The minimum Gasteiger partial charge on any atom is -0.399 e. The number of nitrogens with one attached hydrogen (secondary N) is 2. The molecule has 0 radical (unpaired) electrons. The molecule has 0 unspecified atom stereocenters. The van der Waals surface area contributed by atoms with Gasteiger partial charge < -0.3 is 16.0 Å². The number of hydrogen-bond acceptors (Lipinski definition) is 3. The Morgan fingerprint density at radius 1 is 1.17 bits per heavy atom. The molecule has 1 heterocycles. The first kappa shape index (κ1) is 15.8. The highest BCUT2D eigenvalue weighted by molar-refractivity contribution is 5.97. The Morgan fingerprint density at radius 2 is 1.88 bits per heavy atom. The van der Waals surface area contributed by atoms with Crippen LogP contribution in [0.3, 0.4) is 0 Å². The fraction of sp³-hybridized carbons (Fsp3) is 0.158. The Labute approximate surface area is 142 Å². The van der Waals surface area contributed by atoms with Gasteiger partial charge in [0.05, 0.1) is 5.52 Å². The van der Waals surface area contributed by atoms with Crippen LogP contribution in [0, 0.1) is 13.8 Å². The van der Waals surface area contributed by atoms with Crippen LogP contribution in [-0.4, -0.2) is 10.9 Å². The SMILES string of the molecule is Cc1ccc2cc(C(=O)NCc3ccc(N)cc3)c(=O)[nH]c2c1C.[HH].[HH]. The van der Waals surface area contributed by atoms with E-state index < -0.39 is 5.91 Å². The van der Waals surface area contributed by atoms with Gasteiger partial charge in [-0.25, -0.2) is 0 Å². The van der Waals surface area contributed by atoms with E-state index in [9.17, 15) is 9.59 Å². The number of anilines is 1. The maximum Gasteiger partial charge on any atom is 0.261 e. The van der Waals surface area contributed by atoms with Crippen LogP contribution in [0.5, 0.6) is 0 Å². The number of aromatic nitrogens is 1. The molecular formula is C19H23N3O2. The first-order chi connectivity index (χ1) is 11.5. The van der Waals surface area contributed by atoms with Crippen LogP contribution < -0.4 is 16.6 Å². The van der Waals surface area contributed by atoms with Crippen LogP contribution in [0.2, 0.25) is 0 Å². The molecule has 0 aliphatic rings. The predicted molar refractivity (Wildman–Crippen MR) is 100 cm³/mol. The van der Waals surface area contributed by atoms with Gasteiger partial charge in [0.2, 0.25) is 0 Å². The summed E-state index contributed by atoms with van der Waals surface area (Å²) in [6.07, 6.45) is 0. The van der Waals surface area contributed by atoms with Gasteiger partial charge in [-0.15, -0.1) is 0 Å². The van der Waals surface area contributed by atoms with Gasteiger partial charge in [-0.05, 0) is 54.1 Å². The monoisotopic (exact) mass is 325 g/mol. The van der Waals surface area contributed by atoms with E-state index in [1.807, 2.05) is 38.1 Å². The second-order valence-corrected chi connectivity index (χ2v) is 5.91. The molecule has 5 heteroatoms. The first-order valence-electron chi connectivity index (χ1n) is 7.71. The Kier molecular flexibility index (Phi) is 4.08. The number of carbonyl (C=O) groups excluding carboxylic acids is 1. The molecule has 0 atom stereocenters. The summed E-state index contributed by atoms with van der Waals surface area (Å²) in [4.78, 5) is 27.4. The number of aromatic amines is 1. The van der Waals surface area contributed by atoms with Crippen LogP contribution >= 0.6 is 0 Å². The second-order valence-electron chi connectivity index (χ2n) is 5.91. The lowest BCUT2D eigenvalue weighted by molar-refractivity contribution is 0.0949. The highest BCUT2D eigenvalue weighted by Crippen LogP contribution is 2.18. The first-order valence-corrected chi connectivity index (χ1v) is 7.71. The Balaban J connectivity index is 0.00000169. The lowest BCUT2D eigenvalue weighted by Crippen LogP contribution is -2.29. The fourth-order valence-electron chi connectivity index (χ4n) is 2.61. The molecule has 0 fully saturated rings. The maximum atomic E-state index is 12.3. The molecule has 0 aliphatic heterocycles. The molecule has 4 N–H and O–H groups in total.